The molecule has 1 aromatic carbocycles. The Kier molecular flexibility index (Phi) is 5.02. The molecule has 0 atom stereocenters. The molecule has 0 fully saturated rings. The molecule has 3 rings (SSSR count). The van der Waals surface area contributed by atoms with E-state index in [1.165, 1.54) is 22.7 Å². The number of carbonyl (C=O) groups excluding carboxylic acids is 1. The first kappa shape index (κ1) is 16.5. The zero-order chi connectivity index (χ0) is 16.4. The molecule has 7 heteroatoms. The summed E-state index contributed by atoms with van der Waals surface area (Å²) in [6.07, 6.45) is 0.230. The van der Waals surface area contributed by atoms with Crippen molar-refractivity contribution in [2.45, 2.75) is 13.3 Å². The fourth-order valence-electron chi connectivity index (χ4n) is 2.10. The van der Waals surface area contributed by atoms with Crippen molar-refractivity contribution in [3.05, 3.63) is 55.0 Å². The van der Waals surface area contributed by atoms with Gasteiger partial charge in [-0.15, -0.1) is 22.7 Å². The minimum Gasteiger partial charge on any atom is -0.326 e. The van der Waals surface area contributed by atoms with Crippen molar-refractivity contribution in [1.82, 2.24) is 4.98 Å². The minimum atomic E-state index is -0.0917. The number of anilines is 1. The Balaban J connectivity index is 1.69. The molecule has 3 nitrogen and oxygen atoms in total. The highest BCUT2D eigenvalue weighted by Crippen LogP contribution is 2.38. The first-order valence-corrected chi connectivity index (χ1v) is 9.22. The van der Waals surface area contributed by atoms with Crippen LogP contribution in [0.2, 0.25) is 8.67 Å². The summed E-state index contributed by atoms with van der Waals surface area (Å²) in [6.45, 7) is 1.98. The van der Waals surface area contributed by atoms with E-state index in [1.54, 1.807) is 6.07 Å². The summed E-state index contributed by atoms with van der Waals surface area (Å²) in [4.78, 5) is 16.6. The van der Waals surface area contributed by atoms with Crippen LogP contribution in [0.4, 0.5) is 5.69 Å². The normalized spacial score (nSPS) is 10.7. The van der Waals surface area contributed by atoms with E-state index >= 15 is 0 Å². The van der Waals surface area contributed by atoms with Crippen molar-refractivity contribution in [2.75, 3.05) is 5.32 Å². The van der Waals surface area contributed by atoms with Gasteiger partial charge in [0, 0.05) is 16.6 Å². The van der Waals surface area contributed by atoms with Crippen molar-refractivity contribution >= 4 is 57.5 Å². The van der Waals surface area contributed by atoms with Gasteiger partial charge in [-0.2, -0.15) is 0 Å². The third kappa shape index (κ3) is 4.12. The number of halogens is 2. The molecule has 0 unspecified atom stereocenters. The maximum absolute atomic E-state index is 12.1. The van der Waals surface area contributed by atoms with Crippen LogP contribution in [0.25, 0.3) is 11.3 Å². The van der Waals surface area contributed by atoms with Crippen LogP contribution in [0.1, 0.15) is 10.6 Å². The van der Waals surface area contributed by atoms with Crippen LogP contribution in [-0.2, 0) is 11.2 Å². The van der Waals surface area contributed by atoms with Crippen LogP contribution >= 0.6 is 45.9 Å². The lowest BCUT2D eigenvalue weighted by Crippen LogP contribution is -2.14. The van der Waals surface area contributed by atoms with Crippen LogP contribution in [-0.4, -0.2) is 10.9 Å². The van der Waals surface area contributed by atoms with Crippen molar-refractivity contribution in [1.29, 1.82) is 0 Å². The number of thiazole rings is 1. The van der Waals surface area contributed by atoms with Crippen LogP contribution in [0.5, 0.6) is 0 Å². The molecule has 1 N–H and O–H groups in total. The molecule has 2 heterocycles. The van der Waals surface area contributed by atoms with Crippen molar-refractivity contribution in [3.8, 4) is 11.3 Å². The van der Waals surface area contributed by atoms with E-state index < -0.39 is 0 Å². The average Bonchev–Trinajstić information content (AvgIpc) is 3.05. The molecule has 23 heavy (non-hydrogen) atoms. The summed E-state index contributed by atoms with van der Waals surface area (Å²) in [6, 6.07) is 9.48. The number of rotatable bonds is 4. The third-order valence-corrected chi connectivity index (χ3v) is 5.43. The van der Waals surface area contributed by atoms with Crippen LogP contribution in [0, 0.1) is 6.92 Å². The van der Waals surface area contributed by atoms with Gasteiger partial charge in [-0.1, -0.05) is 35.3 Å². The van der Waals surface area contributed by atoms with Gasteiger partial charge in [0.25, 0.3) is 0 Å². The molecule has 0 saturated carbocycles. The summed E-state index contributed by atoms with van der Waals surface area (Å²) in [5.41, 5.74) is 3.45. The molecule has 2 aromatic heterocycles. The molecule has 0 radical (unpaired) electrons. The summed E-state index contributed by atoms with van der Waals surface area (Å²) in [7, 11) is 0. The quantitative estimate of drug-likeness (QED) is 0.631. The van der Waals surface area contributed by atoms with E-state index in [2.05, 4.69) is 10.3 Å². The Labute approximate surface area is 151 Å². The highest BCUT2D eigenvalue weighted by molar-refractivity contribution is 7.20. The number of nitrogens with zero attached hydrogens (tertiary/aromatic N) is 1. The highest BCUT2D eigenvalue weighted by atomic mass is 35.5. The van der Waals surface area contributed by atoms with Crippen molar-refractivity contribution in [2.24, 2.45) is 0 Å². The number of nitrogens with one attached hydrogen (secondary N) is 1. The van der Waals surface area contributed by atoms with Gasteiger partial charge in [0.15, 0.2) is 0 Å². The number of aryl methyl sites for hydroxylation is 1. The molecule has 0 aliphatic carbocycles. The maximum atomic E-state index is 12.1. The predicted molar refractivity (Wildman–Crippen MR) is 99.0 cm³/mol. The van der Waals surface area contributed by atoms with E-state index in [-0.39, 0.29) is 12.3 Å². The SMILES string of the molecule is Cc1cccc(NC(=O)Cc2nc(-c3cc(Cl)sc3Cl)cs2)c1. The van der Waals surface area contributed by atoms with Crippen LogP contribution in [0.15, 0.2) is 35.7 Å². The second kappa shape index (κ2) is 7.01. The Morgan fingerprint density at radius 1 is 1.30 bits per heavy atom. The summed E-state index contributed by atoms with van der Waals surface area (Å²) in [5, 5.41) is 5.51. The first-order chi connectivity index (χ1) is 11.0. The third-order valence-electron chi connectivity index (χ3n) is 3.10. The lowest BCUT2D eigenvalue weighted by Gasteiger charge is -2.04. The van der Waals surface area contributed by atoms with Gasteiger partial charge in [0.05, 0.1) is 16.5 Å². The van der Waals surface area contributed by atoms with Gasteiger partial charge < -0.3 is 5.32 Å². The molecule has 1 amide bonds. The van der Waals surface area contributed by atoms with Crippen LogP contribution in [0.3, 0.4) is 0 Å². The minimum absolute atomic E-state index is 0.0917. The van der Waals surface area contributed by atoms with Crippen molar-refractivity contribution < 1.29 is 4.79 Å². The molecule has 3 aromatic rings. The Morgan fingerprint density at radius 3 is 2.83 bits per heavy atom. The average molecular weight is 383 g/mol. The van der Waals surface area contributed by atoms with E-state index in [1.807, 2.05) is 36.6 Å². The Hall–Kier alpha value is -1.40. The summed E-state index contributed by atoms with van der Waals surface area (Å²) < 4.78 is 1.23. The molecule has 118 valence electrons. The molecular weight excluding hydrogens is 371 g/mol. The lowest BCUT2D eigenvalue weighted by molar-refractivity contribution is -0.115. The van der Waals surface area contributed by atoms with E-state index in [0.29, 0.717) is 8.67 Å². The Morgan fingerprint density at radius 2 is 2.13 bits per heavy atom. The molecule has 0 spiro atoms. The monoisotopic (exact) mass is 382 g/mol. The summed E-state index contributed by atoms with van der Waals surface area (Å²) in [5.74, 6) is -0.0917. The fourth-order valence-corrected chi connectivity index (χ4v) is 4.37. The van der Waals surface area contributed by atoms with Crippen LogP contribution < -0.4 is 5.32 Å². The molecular formula is C16H12Cl2N2OS2. The zero-order valence-corrected chi connectivity index (χ0v) is 15.2. The fraction of sp³-hybridized carbons (Fsp3) is 0.125. The molecule has 0 saturated heterocycles. The van der Waals surface area contributed by atoms with Gasteiger partial charge in [-0.05, 0) is 30.7 Å². The predicted octanol–water partition coefficient (Wildman–Crippen LogP) is 5.67. The van der Waals surface area contributed by atoms with E-state index in [4.69, 9.17) is 23.2 Å². The molecule has 0 bridgehead atoms. The largest absolute Gasteiger partial charge is 0.326 e. The smallest absolute Gasteiger partial charge is 0.231 e. The number of hydrogen-bond donors (Lipinski definition) is 1. The second-order valence-corrected chi connectivity index (χ2v) is 8.19. The first-order valence-electron chi connectivity index (χ1n) is 6.77. The van der Waals surface area contributed by atoms with Crippen molar-refractivity contribution in [3.63, 3.8) is 0 Å². The van der Waals surface area contributed by atoms with Gasteiger partial charge in [0.1, 0.15) is 9.34 Å². The number of aromatic nitrogens is 1. The number of carbonyl (C=O) groups is 1. The zero-order valence-electron chi connectivity index (χ0n) is 12.1. The molecule has 0 aliphatic heterocycles. The lowest BCUT2D eigenvalue weighted by atomic mass is 10.2. The maximum Gasteiger partial charge on any atom is 0.231 e. The van der Waals surface area contributed by atoms with Gasteiger partial charge >= 0.3 is 0 Å². The molecule has 0 aliphatic rings. The van der Waals surface area contributed by atoms with Gasteiger partial charge in [0.2, 0.25) is 5.91 Å². The Bertz CT molecular complexity index is 857. The number of hydrogen-bond acceptors (Lipinski definition) is 4. The summed E-state index contributed by atoms with van der Waals surface area (Å²) >= 11 is 14.8. The second-order valence-electron chi connectivity index (χ2n) is 4.96. The highest BCUT2D eigenvalue weighted by Gasteiger charge is 2.13. The van der Waals surface area contributed by atoms with Gasteiger partial charge in [-0.3, -0.25) is 4.79 Å². The number of thiophene rings is 1. The standard InChI is InChI=1S/C16H12Cl2N2OS2/c1-9-3-2-4-10(5-9)19-14(21)7-15-20-12(8-22-15)11-6-13(17)23-16(11)18/h2-6,8H,7H2,1H3,(H,19,21). The topological polar surface area (TPSA) is 42.0 Å². The number of amides is 1. The van der Waals surface area contributed by atoms with Gasteiger partial charge in [-0.25, -0.2) is 4.98 Å². The number of benzene rings is 1. The van der Waals surface area contributed by atoms with E-state index in [9.17, 15) is 4.79 Å². The van der Waals surface area contributed by atoms with E-state index in [0.717, 1.165) is 27.5 Å².